The molecular formula is C31H32F3N7O3. The summed E-state index contributed by atoms with van der Waals surface area (Å²) in [6, 6.07) is 25.4. The lowest BCUT2D eigenvalue weighted by Gasteiger charge is -2.47. The molecule has 0 saturated carbocycles. The Morgan fingerprint density at radius 3 is 2.30 bits per heavy atom. The molecule has 2 fully saturated rings. The smallest absolute Gasteiger partial charge is 0.453 e. The van der Waals surface area contributed by atoms with E-state index >= 15 is 0 Å². The molecule has 3 atom stereocenters. The van der Waals surface area contributed by atoms with Crippen LogP contribution in [0, 0.1) is 0 Å². The lowest BCUT2D eigenvalue weighted by molar-refractivity contribution is -0.146. The number of amides is 1. The number of carbonyl (C=O) groups excluding carboxylic acids is 1. The molecule has 2 aliphatic heterocycles. The van der Waals surface area contributed by atoms with Gasteiger partial charge in [0, 0.05) is 56.2 Å². The third-order valence-electron chi connectivity index (χ3n) is 8.37. The van der Waals surface area contributed by atoms with Crippen LogP contribution in [0.3, 0.4) is 0 Å². The highest BCUT2D eigenvalue weighted by Crippen LogP contribution is 2.39. The number of carbonyl (C=O) groups is 1. The molecule has 2 saturated heterocycles. The summed E-state index contributed by atoms with van der Waals surface area (Å²) in [5.74, 6) is -0.667. The van der Waals surface area contributed by atoms with Gasteiger partial charge in [-0.2, -0.15) is 17.9 Å². The topological polar surface area (TPSA) is 112 Å². The number of nitrogens with two attached hydrogens (primary N) is 1. The number of hydrogen-bond donors (Lipinski definition) is 1. The van der Waals surface area contributed by atoms with Crippen molar-refractivity contribution in [3.8, 4) is 11.4 Å². The zero-order valence-corrected chi connectivity index (χ0v) is 24.0. The summed E-state index contributed by atoms with van der Waals surface area (Å²) in [5.41, 5.74) is 8.58. The minimum atomic E-state index is -4.72. The fourth-order valence-electron chi connectivity index (χ4n) is 6.66. The Labute approximate surface area is 252 Å². The van der Waals surface area contributed by atoms with E-state index in [0.717, 1.165) is 11.1 Å². The first-order valence-corrected chi connectivity index (χ1v) is 14.3. The van der Waals surface area contributed by atoms with Gasteiger partial charge in [0.15, 0.2) is 0 Å². The normalized spacial score (nSPS) is 20.9. The van der Waals surface area contributed by atoms with Crippen LogP contribution in [0.1, 0.15) is 34.9 Å². The molecule has 0 radical (unpaired) electrons. The molecule has 6 rings (SSSR count). The van der Waals surface area contributed by atoms with Crippen molar-refractivity contribution in [2.45, 2.75) is 43.2 Å². The number of fused-ring (bicyclic) bond motifs is 1. The maximum Gasteiger partial charge on any atom is 0.453 e. The molecule has 13 heteroatoms. The quantitative estimate of drug-likeness (QED) is 0.317. The molecule has 1 amide bonds. The average Bonchev–Trinajstić information content (AvgIpc) is 3.66. The molecule has 0 bridgehead atoms. The van der Waals surface area contributed by atoms with E-state index in [2.05, 4.69) is 49.6 Å². The second-order valence-corrected chi connectivity index (χ2v) is 11.1. The maximum atomic E-state index is 13.6. The fourth-order valence-corrected chi connectivity index (χ4v) is 6.66. The molecule has 1 aromatic heterocycles. The van der Waals surface area contributed by atoms with E-state index in [9.17, 15) is 18.0 Å². The Bertz CT molecular complexity index is 1550. The molecular weight excluding hydrogens is 575 g/mol. The summed E-state index contributed by atoms with van der Waals surface area (Å²) in [6.07, 6.45) is -5.25. The van der Waals surface area contributed by atoms with Gasteiger partial charge in [-0.25, -0.2) is 4.79 Å². The summed E-state index contributed by atoms with van der Waals surface area (Å²) in [5, 5.41) is 10.0. The number of halogens is 3. The van der Waals surface area contributed by atoms with E-state index in [1.165, 1.54) is 13.2 Å². The van der Waals surface area contributed by atoms with E-state index in [1.54, 1.807) is 12.1 Å². The van der Waals surface area contributed by atoms with Crippen molar-refractivity contribution < 1.29 is 27.4 Å². The Morgan fingerprint density at radius 2 is 1.68 bits per heavy atom. The average molecular weight is 608 g/mol. The second-order valence-electron chi connectivity index (χ2n) is 11.1. The molecule has 2 N–H and O–H groups in total. The van der Waals surface area contributed by atoms with Gasteiger partial charge in [0.25, 0.3) is 5.82 Å². The van der Waals surface area contributed by atoms with E-state index in [1.807, 2.05) is 36.4 Å². The Morgan fingerprint density at radius 1 is 1.00 bits per heavy atom. The van der Waals surface area contributed by atoms with Gasteiger partial charge < -0.3 is 15.2 Å². The van der Waals surface area contributed by atoms with Gasteiger partial charge >= 0.3 is 12.3 Å². The third-order valence-corrected chi connectivity index (χ3v) is 8.37. The Balaban J connectivity index is 1.36. The molecule has 3 heterocycles. The van der Waals surface area contributed by atoms with Gasteiger partial charge in [-0.1, -0.05) is 60.7 Å². The van der Waals surface area contributed by atoms with Gasteiger partial charge in [-0.05, 0) is 39.8 Å². The summed E-state index contributed by atoms with van der Waals surface area (Å²) < 4.78 is 52.5. The van der Waals surface area contributed by atoms with Crippen molar-refractivity contribution in [1.82, 2.24) is 30.0 Å². The number of hydrogen-bond acceptors (Lipinski definition) is 8. The van der Waals surface area contributed by atoms with Crippen molar-refractivity contribution in [1.29, 1.82) is 0 Å². The zero-order valence-electron chi connectivity index (χ0n) is 24.0. The van der Waals surface area contributed by atoms with Crippen molar-refractivity contribution in [3.05, 3.63) is 101 Å². The number of tetrazole rings is 1. The first-order chi connectivity index (χ1) is 21.2. The molecule has 0 unspecified atom stereocenters. The van der Waals surface area contributed by atoms with Gasteiger partial charge in [0.2, 0.25) is 0 Å². The first-order valence-electron chi connectivity index (χ1n) is 14.3. The number of ether oxygens (including phenoxy) is 2. The van der Waals surface area contributed by atoms with Crippen LogP contribution in [-0.2, 0) is 17.5 Å². The summed E-state index contributed by atoms with van der Waals surface area (Å²) in [7, 11) is 1.53. The van der Waals surface area contributed by atoms with Crippen LogP contribution in [0.4, 0.5) is 18.0 Å². The number of aromatic nitrogens is 4. The van der Waals surface area contributed by atoms with E-state index in [0.29, 0.717) is 48.6 Å². The third kappa shape index (κ3) is 6.10. The van der Waals surface area contributed by atoms with Gasteiger partial charge in [-0.3, -0.25) is 9.80 Å². The van der Waals surface area contributed by atoms with Crippen LogP contribution in [-0.4, -0.2) is 81.0 Å². The van der Waals surface area contributed by atoms with Crippen molar-refractivity contribution in [2.24, 2.45) is 5.73 Å². The number of methoxy groups -OCH3 is 1. The number of primary amides is 1. The Kier molecular flexibility index (Phi) is 8.23. The molecule has 4 aromatic rings. The maximum absolute atomic E-state index is 13.6. The van der Waals surface area contributed by atoms with Crippen LogP contribution in [0.25, 0.3) is 5.69 Å². The van der Waals surface area contributed by atoms with Crippen LogP contribution < -0.4 is 10.5 Å². The summed E-state index contributed by atoms with van der Waals surface area (Å²) in [6.45, 7) is 2.25. The summed E-state index contributed by atoms with van der Waals surface area (Å²) in [4.78, 5) is 16.4. The van der Waals surface area contributed by atoms with Crippen molar-refractivity contribution >= 4 is 6.09 Å². The van der Waals surface area contributed by atoms with Crippen LogP contribution >= 0.6 is 0 Å². The molecule has 44 heavy (non-hydrogen) atoms. The van der Waals surface area contributed by atoms with E-state index in [4.69, 9.17) is 15.2 Å². The van der Waals surface area contributed by atoms with Crippen LogP contribution in [0.15, 0.2) is 78.9 Å². The Hall–Kier alpha value is -4.49. The molecule has 0 spiro atoms. The van der Waals surface area contributed by atoms with Crippen molar-refractivity contribution in [3.63, 3.8) is 0 Å². The highest BCUT2D eigenvalue weighted by Gasteiger charge is 2.46. The van der Waals surface area contributed by atoms with Crippen LogP contribution in [0.5, 0.6) is 5.75 Å². The summed E-state index contributed by atoms with van der Waals surface area (Å²) >= 11 is 0. The molecule has 2 aliphatic rings. The molecule has 10 nitrogen and oxygen atoms in total. The SMILES string of the molecule is COc1ccc(-n2nnnc2C(F)(F)F)cc1CN1C[C@@H]2C[C@H](OC(N)=O)CN2[C@H](C(c2ccccc2)c2ccccc2)C1. The highest BCUT2D eigenvalue weighted by molar-refractivity contribution is 5.64. The van der Waals surface area contributed by atoms with Gasteiger partial charge in [0.05, 0.1) is 12.8 Å². The predicted molar refractivity (Wildman–Crippen MR) is 154 cm³/mol. The predicted octanol–water partition coefficient (Wildman–Crippen LogP) is 4.24. The van der Waals surface area contributed by atoms with E-state index in [-0.39, 0.29) is 29.8 Å². The fraction of sp³-hybridized carbons (Fsp3) is 0.355. The first kappa shape index (κ1) is 29.6. The monoisotopic (exact) mass is 607 g/mol. The van der Waals surface area contributed by atoms with Gasteiger partial charge in [0.1, 0.15) is 11.9 Å². The zero-order chi connectivity index (χ0) is 30.8. The lowest BCUT2D eigenvalue weighted by atomic mass is 9.82. The number of nitrogens with zero attached hydrogens (tertiary/aromatic N) is 6. The second kappa shape index (κ2) is 12.2. The lowest BCUT2D eigenvalue weighted by Crippen LogP contribution is -2.58. The number of rotatable bonds is 8. The minimum Gasteiger partial charge on any atom is -0.496 e. The molecule has 230 valence electrons. The standard InChI is InChI=1S/C31H32F3N7O3/c1-43-27-13-12-23(41-29(31(32,33)34)36-37-38-41)14-22(27)16-39-17-24-15-25(44-30(35)42)18-40(24)26(19-39)28(20-8-4-2-5-9-20)21-10-6-3-7-11-21/h2-14,24-26,28H,15-19H2,1H3,(H2,35,42)/t24-,25-,26-/m0/s1. The highest BCUT2D eigenvalue weighted by atomic mass is 19.4. The largest absolute Gasteiger partial charge is 0.496 e. The molecule has 0 aliphatic carbocycles. The van der Waals surface area contributed by atoms with Gasteiger partial charge in [-0.15, -0.1) is 5.10 Å². The number of alkyl halides is 3. The number of benzene rings is 3. The molecule has 3 aromatic carbocycles. The van der Waals surface area contributed by atoms with Crippen LogP contribution in [0.2, 0.25) is 0 Å². The minimum absolute atomic E-state index is 0.00109. The van der Waals surface area contributed by atoms with E-state index < -0.39 is 18.1 Å². The number of piperazine rings is 1. The van der Waals surface area contributed by atoms with Crippen molar-refractivity contribution in [2.75, 3.05) is 26.7 Å².